The molecule has 2 aromatic rings. The van der Waals surface area contributed by atoms with Crippen LogP contribution in [0.4, 0.5) is 0 Å². The first-order chi connectivity index (χ1) is 9.16. The van der Waals surface area contributed by atoms with E-state index in [1.165, 1.54) is 0 Å². The average molecular weight is 259 g/mol. The maximum atomic E-state index is 12.2. The van der Waals surface area contributed by atoms with Gasteiger partial charge in [-0.05, 0) is 12.5 Å². The van der Waals surface area contributed by atoms with E-state index in [1.54, 1.807) is 30.2 Å². The SMILES string of the molecule is CCOC(=O)C(N)(Cn1ccnc1)c1ccccc1. The fraction of sp³-hybridized carbons (Fsp3) is 0.286. The molecule has 2 N–H and O–H groups in total. The minimum absolute atomic E-state index is 0.288. The number of carbonyl (C=O) groups is 1. The first-order valence-electron chi connectivity index (χ1n) is 6.14. The molecule has 0 fully saturated rings. The van der Waals surface area contributed by atoms with Gasteiger partial charge in [0.15, 0.2) is 5.54 Å². The molecule has 1 aromatic carbocycles. The summed E-state index contributed by atoms with van der Waals surface area (Å²) in [6.07, 6.45) is 5.05. The van der Waals surface area contributed by atoms with Crippen molar-refractivity contribution in [3.05, 3.63) is 54.6 Å². The summed E-state index contributed by atoms with van der Waals surface area (Å²) in [5.74, 6) is -0.435. The van der Waals surface area contributed by atoms with Crippen LogP contribution >= 0.6 is 0 Å². The molecule has 0 radical (unpaired) electrons. The van der Waals surface area contributed by atoms with E-state index in [9.17, 15) is 4.79 Å². The van der Waals surface area contributed by atoms with Gasteiger partial charge in [-0.2, -0.15) is 0 Å². The summed E-state index contributed by atoms with van der Waals surface area (Å²) in [5, 5.41) is 0. The van der Waals surface area contributed by atoms with Crippen LogP contribution in [-0.4, -0.2) is 22.1 Å². The van der Waals surface area contributed by atoms with Crippen LogP contribution in [0.1, 0.15) is 12.5 Å². The number of nitrogens with zero attached hydrogens (tertiary/aromatic N) is 2. The maximum absolute atomic E-state index is 12.2. The zero-order valence-electron chi connectivity index (χ0n) is 10.8. The van der Waals surface area contributed by atoms with Crippen molar-refractivity contribution in [1.82, 2.24) is 9.55 Å². The molecule has 5 heteroatoms. The number of rotatable bonds is 5. The Balaban J connectivity index is 2.35. The van der Waals surface area contributed by atoms with Crippen molar-refractivity contribution in [3.8, 4) is 0 Å². The summed E-state index contributed by atoms with van der Waals surface area (Å²) < 4.78 is 6.88. The molecule has 0 amide bonds. The third kappa shape index (κ3) is 2.82. The monoisotopic (exact) mass is 259 g/mol. The summed E-state index contributed by atoms with van der Waals surface area (Å²) in [7, 11) is 0. The van der Waals surface area contributed by atoms with Crippen LogP contribution in [-0.2, 0) is 21.6 Å². The highest BCUT2D eigenvalue weighted by Crippen LogP contribution is 2.22. The quantitative estimate of drug-likeness (QED) is 0.822. The Morgan fingerprint density at radius 1 is 1.42 bits per heavy atom. The molecule has 1 atom stereocenters. The number of carbonyl (C=O) groups excluding carboxylic acids is 1. The third-order valence-electron chi connectivity index (χ3n) is 2.92. The number of imidazole rings is 1. The number of ether oxygens (including phenoxy) is 1. The van der Waals surface area contributed by atoms with E-state index in [2.05, 4.69) is 4.98 Å². The van der Waals surface area contributed by atoms with Crippen LogP contribution in [0.25, 0.3) is 0 Å². The topological polar surface area (TPSA) is 70.1 Å². The molecule has 1 aromatic heterocycles. The first kappa shape index (κ1) is 13.3. The zero-order valence-corrected chi connectivity index (χ0v) is 10.8. The molecular formula is C14H17N3O2. The maximum Gasteiger partial charge on any atom is 0.332 e. The number of nitrogens with two attached hydrogens (primary N) is 1. The van der Waals surface area contributed by atoms with E-state index < -0.39 is 11.5 Å². The van der Waals surface area contributed by atoms with Crippen LogP contribution in [0.3, 0.4) is 0 Å². The third-order valence-corrected chi connectivity index (χ3v) is 2.92. The molecule has 0 aliphatic rings. The Morgan fingerprint density at radius 2 is 2.16 bits per heavy atom. The summed E-state index contributed by atoms with van der Waals surface area (Å²) in [6.45, 7) is 2.35. The summed E-state index contributed by atoms with van der Waals surface area (Å²) in [5.41, 5.74) is 5.83. The molecule has 0 aliphatic heterocycles. The van der Waals surface area contributed by atoms with Gasteiger partial charge in [0, 0.05) is 12.4 Å². The van der Waals surface area contributed by atoms with Crippen molar-refractivity contribution in [3.63, 3.8) is 0 Å². The second-order valence-electron chi connectivity index (χ2n) is 4.29. The molecule has 0 spiro atoms. The van der Waals surface area contributed by atoms with Gasteiger partial charge in [-0.3, -0.25) is 0 Å². The molecular weight excluding hydrogens is 242 g/mol. The van der Waals surface area contributed by atoms with Gasteiger partial charge in [-0.25, -0.2) is 9.78 Å². The predicted molar refractivity (Wildman–Crippen MR) is 71.2 cm³/mol. The highest BCUT2D eigenvalue weighted by Gasteiger charge is 2.38. The highest BCUT2D eigenvalue weighted by atomic mass is 16.5. The van der Waals surface area contributed by atoms with Gasteiger partial charge >= 0.3 is 5.97 Å². The number of hydrogen-bond acceptors (Lipinski definition) is 4. The lowest BCUT2D eigenvalue weighted by Crippen LogP contribution is -2.49. The average Bonchev–Trinajstić information content (AvgIpc) is 2.92. The number of hydrogen-bond donors (Lipinski definition) is 1. The molecule has 1 heterocycles. The zero-order chi connectivity index (χ0) is 13.7. The minimum atomic E-state index is -1.21. The Labute approximate surface area is 112 Å². The van der Waals surface area contributed by atoms with E-state index in [1.807, 2.05) is 30.3 Å². The second kappa shape index (κ2) is 5.67. The molecule has 0 saturated carbocycles. The van der Waals surface area contributed by atoms with Crippen molar-refractivity contribution in [2.45, 2.75) is 19.0 Å². The summed E-state index contributed by atoms with van der Waals surface area (Å²) in [6, 6.07) is 9.24. The van der Waals surface area contributed by atoms with Gasteiger partial charge in [0.05, 0.1) is 19.5 Å². The Morgan fingerprint density at radius 3 is 2.74 bits per heavy atom. The van der Waals surface area contributed by atoms with E-state index in [0.29, 0.717) is 6.61 Å². The van der Waals surface area contributed by atoms with Crippen molar-refractivity contribution < 1.29 is 9.53 Å². The molecule has 1 unspecified atom stereocenters. The molecule has 0 bridgehead atoms. The van der Waals surface area contributed by atoms with Crippen molar-refractivity contribution in [1.29, 1.82) is 0 Å². The Kier molecular flexibility index (Phi) is 3.97. The highest BCUT2D eigenvalue weighted by molar-refractivity contribution is 5.82. The first-order valence-corrected chi connectivity index (χ1v) is 6.14. The fourth-order valence-corrected chi connectivity index (χ4v) is 1.94. The van der Waals surface area contributed by atoms with E-state index in [4.69, 9.17) is 10.5 Å². The van der Waals surface area contributed by atoms with Gasteiger partial charge in [-0.1, -0.05) is 30.3 Å². The largest absolute Gasteiger partial charge is 0.464 e. The second-order valence-corrected chi connectivity index (χ2v) is 4.29. The van der Waals surface area contributed by atoms with Crippen molar-refractivity contribution >= 4 is 5.97 Å². The van der Waals surface area contributed by atoms with Crippen LogP contribution in [0.2, 0.25) is 0 Å². The lowest BCUT2D eigenvalue weighted by atomic mass is 9.91. The lowest BCUT2D eigenvalue weighted by molar-refractivity contribution is -0.150. The van der Waals surface area contributed by atoms with Gasteiger partial charge < -0.3 is 15.0 Å². The van der Waals surface area contributed by atoms with E-state index >= 15 is 0 Å². The van der Waals surface area contributed by atoms with Gasteiger partial charge in [0.25, 0.3) is 0 Å². The number of benzene rings is 1. The lowest BCUT2D eigenvalue weighted by Gasteiger charge is -2.27. The summed E-state index contributed by atoms with van der Waals surface area (Å²) in [4.78, 5) is 16.2. The van der Waals surface area contributed by atoms with Crippen molar-refractivity contribution in [2.75, 3.05) is 6.61 Å². The van der Waals surface area contributed by atoms with Crippen molar-refractivity contribution in [2.24, 2.45) is 5.73 Å². The molecule has 0 aliphatic carbocycles. The Bertz CT molecular complexity index is 525. The van der Waals surface area contributed by atoms with Gasteiger partial charge in [0.2, 0.25) is 0 Å². The fourth-order valence-electron chi connectivity index (χ4n) is 1.94. The minimum Gasteiger partial charge on any atom is -0.464 e. The van der Waals surface area contributed by atoms with Crippen LogP contribution in [0.15, 0.2) is 49.1 Å². The number of aromatic nitrogens is 2. The molecule has 5 nitrogen and oxygen atoms in total. The smallest absolute Gasteiger partial charge is 0.332 e. The number of esters is 1. The van der Waals surface area contributed by atoms with Gasteiger partial charge in [-0.15, -0.1) is 0 Å². The predicted octanol–water partition coefficient (Wildman–Crippen LogP) is 1.30. The Hall–Kier alpha value is -2.14. The summed E-state index contributed by atoms with van der Waals surface area (Å²) >= 11 is 0. The molecule has 2 rings (SSSR count). The molecule has 100 valence electrons. The van der Waals surface area contributed by atoms with Crippen LogP contribution in [0.5, 0.6) is 0 Å². The van der Waals surface area contributed by atoms with Gasteiger partial charge in [0.1, 0.15) is 0 Å². The van der Waals surface area contributed by atoms with Crippen LogP contribution < -0.4 is 5.73 Å². The normalized spacial score (nSPS) is 13.8. The standard InChI is InChI=1S/C14H17N3O2/c1-2-19-13(18)14(15,10-17-9-8-16-11-17)12-6-4-3-5-7-12/h3-9,11H,2,10,15H2,1H3. The van der Waals surface area contributed by atoms with E-state index in [0.717, 1.165) is 5.56 Å². The molecule has 0 saturated heterocycles. The van der Waals surface area contributed by atoms with E-state index in [-0.39, 0.29) is 6.54 Å². The van der Waals surface area contributed by atoms with Crippen LogP contribution in [0, 0.1) is 0 Å². The molecule has 19 heavy (non-hydrogen) atoms.